The first kappa shape index (κ1) is 8.95. The van der Waals surface area contributed by atoms with Gasteiger partial charge in [-0.05, 0) is 6.92 Å². The Balaban J connectivity index is 2.81. The van der Waals surface area contributed by atoms with Gasteiger partial charge < -0.3 is 4.85 Å². The largest absolute Gasteiger partial charge is 0.317 e. The van der Waals surface area contributed by atoms with E-state index in [1.54, 1.807) is 13.1 Å². The molecule has 0 saturated heterocycles. The molecule has 0 aliphatic heterocycles. The summed E-state index contributed by atoms with van der Waals surface area (Å²) in [5, 5.41) is 0.464. The lowest BCUT2D eigenvalue weighted by Gasteiger charge is -1.98. The molecule has 0 aliphatic carbocycles. The molecule has 12 heavy (non-hydrogen) atoms. The van der Waals surface area contributed by atoms with E-state index in [1.165, 1.54) is 0 Å². The van der Waals surface area contributed by atoms with E-state index in [0.717, 1.165) is 5.56 Å². The highest BCUT2D eigenvalue weighted by Crippen LogP contribution is 2.11. The summed E-state index contributed by atoms with van der Waals surface area (Å²) in [4.78, 5) is 11.2. The fraction of sp³-hybridized carbons (Fsp3) is 0.375. The van der Waals surface area contributed by atoms with Crippen molar-refractivity contribution in [3.8, 4) is 0 Å². The second kappa shape index (κ2) is 4.03. The molecule has 0 radical (unpaired) electrons. The highest BCUT2D eigenvalue weighted by atomic mass is 35.5. The second-order valence-corrected chi connectivity index (χ2v) is 2.72. The second-order valence-electron chi connectivity index (χ2n) is 2.36. The van der Waals surface area contributed by atoms with Gasteiger partial charge in [0.25, 0.3) is 0 Å². The number of nitrogens with zero attached hydrogens (tertiary/aromatic N) is 3. The van der Waals surface area contributed by atoms with Crippen molar-refractivity contribution in [2.45, 2.75) is 13.3 Å². The highest BCUT2D eigenvalue weighted by Gasteiger charge is 2.03. The van der Waals surface area contributed by atoms with E-state index < -0.39 is 0 Å². The summed E-state index contributed by atoms with van der Waals surface area (Å²) in [7, 11) is 0. The summed E-state index contributed by atoms with van der Waals surface area (Å²) >= 11 is 5.81. The molecule has 1 heterocycles. The van der Waals surface area contributed by atoms with Crippen LogP contribution in [0.3, 0.4) is 0 Å². The van der Waals surface area contributed by atoms with Crippen LogP contribution in [-0.4, -0.2) is 16.5 Å². The SMILES string of the molecule is [C-]#[N+]CCc1cnc(C)nc1Cl. The molecule has 0 N–H and O–H groups in total. The smallest absolute Gasteiger partial charge is 0.218 e. The van der Waals surface area contributed by atoms with Crippen LogP contribution >= 0.6 is 11.6 Å². The van der Waals surface area contributed by atoms with Crippen LogP contribution in [0, 0.1) is 13.5 Å². The van der Waals surface area contributed by atoms with Gasteiger partial charge >= 0.3 is 0 Å². The van der Waals surface area contributed by atoms with E-state index in [1.807, 2.05) is 0 Å². The zero-order valence-corrected chi connectivity index (χ0v) is 7.47. The monoisotopic (exact) mass is 181 g/mol. The Morgan fingerprint density at radius 1 is 1.67 bits per heavy atom. The molecule has 0 bridgehead atoms. The number of rotatable bonds is 2. The van der Waals surface area contributed by atoms with Crippen molar-refractivity contribution >= 4 is 11.6 Å². The Morgan fingerprint density at radius 2 is 2.42 bits per heavy atom. The first-order valence-corrected chi connectivity index (χ1v) is 3.93. The molecule has 4 heteroatoms. The number of hydrogen-bond acceptors (Lipinski definition) is 2. The van der Waals surface area contributed by atoms with Crippen molar-refractivity contribution in [3.05, 3.63) is 34.2 Å². The van der Waals surface area contributed by atoms with Gasteiger partial charge in [-0.1, -0.05) is 11.6 Å². The summed E-state index contributed by atoms with van der Waals surface area (Å²) < 4.78 is 0. The molecule has 0 unspecified atom stereocenters. The number of aryl methyl sites for hydroxylation is 1. The highest BCUT2D eigenvalue weighted by molar-refractivity contribution is 6.30. The van der Waals surface area contributed by atoms with E-state index in [4.69, 9.17) is 18.2 Å². The van der Waals surface area contributed by atoms with Gasteiger partial charge in [-0.3, -0.25) is 0 Å². The Hall–Kier alpha value is -1.14. The van der Waals surface area contributed by atoms with Crippen molar-refractivity contribution in [2.24, 2.45) is 0 Å². The minimum absolute atomic E-state index is 0.437. The molecule has 0 atom stereocenters. The Bertz CT molecular complexity index is 317. The van der Waals surface area contributed by atoms with Crippen molar-refractivity contribution in [1.29, 1.82) is 0 Å². The third-order valence-corrected chi connectivity index (χ3v) is 1.75. The lowest BCUT2D eigenvalue weighted by Crippen LogP contribution is -1.95. The maximum absolute atomic E-state index is 6.61. The molecule has 0 aromatic carbocycles. The lowest BCUT2D eigenvalue weighted by molar-refractivity contribution is 0.974. The normalized spacial score (nSPS) is 9.42. The van der Waals surface area contributed by atoms with Crippen LogP contribution in [0.15, 0.2) is 6.20 Å². The molecule has 0 saturated carbocycles. The Kier molecular flexibility index (Phi) is 3.01. The van der Waals surface area contributed by atoms with Gasteiger partial charge in [-0.25, -0.2) is 16.5 Å². The van der Waals surface area contributed by atoms with E-state index in [0.29, 0.717) is 23.9 Å². The van der Waals surface area contributed by atoms with E-state index in [9.17, 15) is 0 Å². The van der Waals surface area contributed by atoms with Crippen LogP contribution in [0.25, 0.3) is 4.85 Å². The molecule has 3 nitrogen and oxygen atoms in total. The third-order valence-electron chi connectivity index (χ3n) is 1.43. The molecule has 0 fully saturated rings. The lowest BCUT2D eigenvalue weighted by atomic mass is 10.2. The molecule has 0 amide bonds. The van der Waals surface area contributed by atoms with Crippen LogP contribution in [-0.2, 0) is 6.42 Å². The molecule has 0 aliphatic rings. The molecule has 1 aromatic rings. The zero-order valence-electron chi connectivity index (χ0n) is 6.71. The molecular formula is C8H8ClN3. The average molecular weight is 182 g/mol. The van der Waals surface area contributed by atoms with E-state index in [2.05, 4.69) is 14.8 Å². The van der Waals surface area contributed by atoms with E-state index >= 15 is 0 Å². The molecule has 1 aromatic heterocycles. The zero-order chi connectivity index (χ0) is 8.97. The van der Waals surface area contributed by atoms with Crippen LogP contribution in [0.2, 0.25) is 5.15 Å². The van der Waals surface area contributed by atoms with Crippen molar-refractivity contribution in [1.82, 2.24) is 9.97 Å². The summed E-state index contributed by atoms with van der Waals surface area (Å²) in [6, 6.07) is 0. The minimum atomic E-state index is 0.437. The Labute approximate surface area is 76.2 Å². The quantitative estimate of drug-likeness (QED) is 0.515. The summed E-state index contributed by atoms with van der Waals surface area (Å²) in [5.41, 5.74) is 0.846. The van der Waals surface area contributed by atoms with E-state index in [-0.39, 0.29) is 0 Å². The van der Waals surface area contributed by atoms with Gasteiger partial charge in [0.05, 0.1) is 0 Å². The maximum atomic E-state index is 6.61. The minimum Gasteiger partial charge on any atom is -0.317 e. The summed E-state index contributed by atoms with van der Waals surface area (Å²) in [5.74, 6) is 0.659. The van der Waals surface area contributed by atoms with Crippen molar-refractivity contribution < 1.29 is 0 Å². The first-order valence-electron chi connectivity index (χ1n) is 3.55. The van der Waals surface area contributed by atoms with Gasteiger partial charge in [0.2, 0.25) is 6.54 Å². The number of halogens is 1. The van der Waals surface area contributed by atoms with Gasteiger partial charge in [0, 0.05) is 18.2 Å². The van der Waals surface area contributed by atoms with Crippen LogP contribution in [0.5, 0.6) is 0 Å². The molecular weight excluding hydrogens is 174 g/mol. The predicted molar refractivity (Wildman–Crippen MR) is 47.0 cm³/mol. The van der Waals surface area contributed by atoms with Crippen LogP contribution in [0.4, 0.5) is 0 Å². The molecule has 0 spiro atoms. The summed E-state index contributed by atoms with van der Waals surface area (Å²) in [6.45, 7) is 8.82. The van der Waals surface area contributed by atoms with Gasteiger partial charge in [0.15, 0.2) is 0 Å². The molecule has 1 rings (SSSR count). The fourth-order valence-corrected chi connectivity index (χ4v) is 1.08. The van der Waals surface area contributed by atoms with Crippen LogP contribution < -0.4 is 0 Å². The average Bonchev–Trinajstić information content (AvgIpc) is 2.03. The molecule has 62 valence electrons. The van der Waals surface area contributed by atoms with Gasteiger partial charge in [-0.15, -0.1) is 0 Å². The standard InChI is InChI=1S/C8H8ClN3/c1-6-11-5-7(3-4-10-2)8(9)12-6/h5H,3-4H2,1H3. The van der Waals surface area contributed by atoms with Crippen LogP contribution in [0.1, 0.15) is 11.4 Å². The topological polar surface area (TPSA) is 30.1 Å². The fourth-order valence-electron chi connectivity index (χ4n) is 0.811. The summed E-state index contributed by atoms with van der Waals surface area (Å²) in [6.07, 6.45) is 2.30. The van der Waals surface area contributed by atoms with Crippen molar-refractivity contribution in [2.75, 3.05) is 6.54 Å². The number of aromatic nitrogens is 2. The third kappa shape index (κ3) is 2.18. The Morgan fingerprint density at radius 3 is 3.00 bits per heavy atom. The van der Waals surface area contributed by atoms with Gasteiger partial charge in [0.1, 0.15) is 11.0 Å². The van der Waals surface area contributed by atoms with Gasteiger partial charge in [-0.2, -0.15) is 0 Å². The van der Waals surface area contributed by atoms with Crippen molar-refractivity contribution in [3.63, 3.8) is 0 Å². The first-order chi connectivity index (χ1) is 5.74. The maximum Gasteiger partial charge on any atom is 0.218 e. The predicted octanol–water partition coefficient (Wildman–Crippen LogP) is 1.90. The number of hydrogen-bond donors (Lipinski definition) is 0.